The predicted molar refractivity (Wildman–Crippen MR) is 55.1 cm³/mol. The average Bonchev–Trinajstić information content (AvgIpc) is 2.28. The zero-order chi connectivity index (χ0) is 12.1. The van der Waals surface area contributed by atoms with Crippen molar-refractivity contribution < 1.29 is 19.2 Å². The molecule has 0 heterocycles. The van der Waals surface area contributed by atoms with E-state index >= 15 is 0 Å². The van der Waals surface area contributed by atoms with Crippen LogP contribution in [0.4, 0.5) is 5.69 Å². The molecule has 6 nitrogen and oxygen atoms in total. The molecule has 0 atom stereocenters. The first-order valence-corrected chi connectivity index (χ1v) is 4.44. The number of carbonyl (C=O) groups excluding carboxylic acids is 1. The molecule has 1 rings (SSSR count). The Balaban J connectivity index is 3.16. The highest BCUT2D eigenvalue weighted by atomic mass is 16.6. The van der Waals surface area contributed by atoms with Gasteiger partial charge in [0.05, 0.1) is 29.8 Å². The summed E-state index contributed by atoms with van der Waals surface area (Å²) in [4.78, 5) is 21.4. The van der Waals surface area contributed by atoms with Gasteiger partial charge in [0.25, 0.3) is 5.69 Å². The molecule has 0 bridgehead atoms. The van der Waals surface area contributed by atoms with Gasteiger partial charge >= 0.3 is 5.97 Å². The molecule has 86 valence electrons. The number of benzene rings is 1. The summed E-state index contributed by atoms with van der Waals surface area (Å²) in [5, 5.41) is 10.7. The molecule has 0 saturated heterocycles. The van der Waals surface area contributed by atoms with Crippen molar-refractivity contribution in [3.8, 4) is 0 Å². The summed E-state index contributed by atoms with van der Waals surface area (Å²) in [6.07, 6.45) is 0. The predicted octanol–water partition coefficient (Wildman–Crippen LogP) is 1.53. The summed E-state index contributed by atoms with van der Waals surface area (Å²) in [5.41, 5.74) is 0.532. The Bertz CT molecular complexity index is 416. The number of nitro groups is 1. The molecule has 1 aromatic carbocycles. The molecule has 0 saturated carbocycles. The van der Waals surface area contributed by atoms with Crippen LogP contribution >= 0.6 is 0 Å². The van der Waals surface area contributed by atoms with Gasteiger partial charge in [-0.3, -0.25) is 10.1 Å². The summed E-state index contributed by atoms with van der Waals surface area (Å²) >= 11 is 0. The van der Waals surface area contributed by atoms with Gasteiger partial charge in [0.2, 0.25) is 0 Å². The molecule has 0 aliphatic heterocycles. The normalized spacial score (nSPS) is 9.88. The van der Waals surface area contributed by atoms with Crippen LogP contribution in [0, 0.1) is 10.1 Å². The SMILES string of the molecule is COCc1cc(C(=O)OC)ccc1[N+](=O)[O-]. The average molecular weight is 225 g/mol. The van der Waals surface area contributed by atoms with Crippen LogP contribution in [0.2, 0.25) is 0 Å². The van der Waals surface area contributed by atoms with E-state index in [0.717, 1.165) is 0 Å². The van der Waals surface area contributed by atoms with Crippen molar-refractivity contribution >= 4 is 11.7 Å². The second-order valence-electron chi connectivity index (χ2n) is 3.03. The van der Waals surface area contributed by atoms with Crippen LogP contribution in [-0.2, 0) is 16.1 Å². The first kappa shape index (κ1) is 12.1. The number of carbonyl (C=O) groups is 1. The maximum Gasteiger partial charge on any atom is 0.337 e. The number of nitro benzene ring substituents is 1. The fourth-order valence-corrected chi connectivity index (χ4v) is 1.28. The molecule has 0 amide bonds. The Morgan fingerprint density at radius 2 is 2.12 bits per heavy atom. The Kier molecular flexibility index (Phi) is 3.96. The first-order chi connectivity index (χ1) is 7.60. The van der Waals surface area contributed by atoms with Gasteiger partial charge in [0.1, 0.15) is 0 Å². The number of esters is 1. The highest BCUT2D eigenvalue weighted by molar-refractivity contribution is 5.89. The minimum absolute atomic E-state index is 0.0706. The molecular weight excluding hydrogens is 214 g/mol. The van der Waals surface area contributed by atoms with E-state index in [1.807, 2.05) is 0 Å². The standard InChI is InChI=1S/C10H11NO5/c1-15-6-8-5-7(10(12)16-2)3-4-9(8)11(13)14/h3-5H,6H2,1-2H3. The highest BCUT2D eigenvalue weighted by Crippen LogP contribution is 2.21. The van der Waals surface area contributed by atoms with Gasteiger partial charge in [-0.1, -0.05) is 0 Å². The van der Waals surface area contributed by atoms with E-state index < -0.39 is 10.9 Å². The van der Waals surface area contributed by atoms with Crippen LogP contribution in [0.15, 0.2) is 18.2 Å². The molecule has 0 spiro atoms. The lowest BCUT2D eigenvalue weighted by Gasteiger charge is -2.04. The summed E-state index contributed by atoms with van der Waals surface area (Å²) in [6.45, 7) is 0.0706. The molecule has 16 heavy (non-hydrogen) atoms. The molecule has 0 aliphatic rings. The van der Waals surface area contributed by atoms with Crippen LogP contribution in [0.1, 0.15) is 15.9 Å². The third-order valence-electron chi connectivity index (χ3n) is 2.00. The van der Waals surface area contributed by atoms with Gasteiger partial charge in [-0.2, -0.15) is 0 Å². The minimum Gasteiger partial charge on any atom is -0.465 e. The zero-order valence-electron chi connectivity index (χ0n) is 8.93. The lowest BCUT2D eigenvalue weighted by molar-refractivity contribution is -0.385. The molecular formula is C10H11NO5. The fraction of sp³-hybridized carbons (Fsp3) is 0.300. The number of ether oxygens (including phenoxy) is 2. The van der Waals surface area contributed by atoms with Crippen LogP contribution < -0.4 is 0 Å². The molecule has 1 aromatic rings. The second kappa shape index (κ2) is 5.22. The number of hydrogen-bond acceptors (Lipinski definition) is 5. The largest absolute Gasteiger partial charge is 0.465 e. The number of nitrogens with zero attached hydrogens (tertiary/aromatic N) is 1. The minimum atomic E-state index is -0.535. The third-order valence-corrected chi connectivity index (χ3v) is 2.00. The van der Waals surface area contributed by atoms with Gasteiger partial charge in [-0.05, 0) is 12.1 Å². The van der Waals surface area contributed by atoms with Gasteiger partial charge in [0, 0.05) is 13.2 Å². The quantitative estimate of drug-likeness (QED) is 0.441. The summed E-state index contributed by atoms with van der Waals surface area (Å²) in [6, 6.07) is 4.01. The topological polar surface area (TPSA) is 78.7 Å². The maximum absolute atomic E-state index is 11.2. The van der Waals surface area contributed by atoms with Crippen LogP contribution in [0.25, 0.3) is 0 Å². The van der Waals surface area contributed by atoms with E-state index in [0.29, 0.717) is 5.56 Å². The fourth-order valence-electron chi connectivity index (χ4n) is 1.28. The summed E-state index contributed by atoms with van der Waals surface area (Å²) < 4.78 is 9.35. The van der Waals surface area contributed by atoms with Crippen LogP contribution in [0.3, 0.4) is 0 Å². The van der Waals surface area contributed by atoms with Crippen molar-refractivity contribution in [2.75, 3.05) is 14.2 Å². The van der Waals surface area contributed by atoms with Crippen molar-refractivity contribution in [2.45, 2.75) is 6.61 Å². The number of methoxy groups -OCH3 is 2. The zero-order valence-corrected chi connectivity index (χ0v) is 8.93. The molecule has 0 N–H and O–H groups in total. The molecule has 0 aliphatic carbocycles. The Morgan fingerprint density at radius 1 is 1.44 bits per heavy atom. The molecule has 0 unspecified atom stereocenters. The Labute approximate surface area is 91.9 Å². The number of hydrogen-bond donors (Lipinski definition) is 0. The van der Waals surface area contributed by atoms with Crippen molar-refractivity contribution in [3.63, 3.8) is 0 Å². The van der Waals surface area contributed by atoms with Crippen LogP contribution in [-0.4, -0.2) is 25.1 Å². The van der Waals surface area contributed by atoms with Gasteiger partial charge in [-0.25, -0.2) is 4.79 Å². The van der Waals surface area contributed by atoms with Crippen molar-refractivity contribution in [1.82, 2.24) is 0 Å². The van der Waals surface area contributed by atoms with Crippen molar-refractivity contribution in [1.29, 1.82) is 0 Å². The first-order valence-electron chi connectivity index (χ1n) is 4.44. The van der Waals surface area contributed by atoms with E-state index in [1.54, 1.807) is 0 Å². The van der Waals surface area contributed by atoms with Crippen LogP contribution in [0.5, 0.6) is 0 Å². The molecule has 0 fully saturated rings. The van der Waals surface area contributed by atoms with E-state index in [2.05, 4.69) is 4.74 Å². The summed E-state index contributed by atoms with van der Waals surface area (Å²) in [7, 11) is 2.67. The van der Waals surface area contributed by atoms with Gasteiger partial charge in [-0.15, -0.1) is 0 Å². The lowest BCUT2D eigenvalue weighted by Crippen LogP contribution is -2.04. The summed E-state index contributed by atoms with van der Waals surface area (Å²) in [5.74, 6) is -0.535. The highest BCUT2D eigenvalue weighted by Gasteiger charge is 2.16. The number of rotatable bonds is 4. The van der Waals surface area contributed by atoms with Gasteiger partial charge in [0.15, 0.2) is 0 Å². The van der Waals surface area contributed by atoms with Crippen molar-refractivity contribution in [3.05, 3.63) is 39.4 Å². The molecule has 0 aromatic heterocycles. The Morgan fingerprint density at radius 3 is 2.62 bits per heavy atom. The van der Waals surface area contributed by atoms with E-state index in [9.17, 15) is 14.9 Å². The lowest BCUT2D eigenvalue weighted by atomic mass is 10.1. The second-order valence-corrected chi connectivity index (χ2v) is 3.03. The van der Waals surface area contributed by atoms with Crippen molar-refractivity contribution in [2.24, 2.45) is 0 Å². The smallest absolute Gasteiger partial charge is 0.337 e. The van der Waals surface area contributed by atoms with Gasteiger partial charge < -0.3 is 9.47 Å². The van der Waals surface area contributed by atoms with E-state index in [1.165, 1.54) is 32.4 Å². The Hall–Kier alpha value is -1.95. The molecule has 6 heteroatoms. The monoisotopic (exact) mass is 225 g/mol. The maximum atomic E-state index is 11.2. The van der Waals surface area contributed by atoms with E-state index in [-0.39, 0.29) is 17.9 Å². The molecule has 0 radical (unpaired) electrons. The third kappa shape index (κ3) is 2.54. The van der Waals surface area contributed by atoms with E-state index in [4.69, 9.17) is 4.74 Å².